The van der Waals surface area contributed by atoms with Gasteiger partial charge in [0.05, 0.1) is 5.69 Å². The van der Waals surface area contributed by atoms with E-state index in [9.17, 15) is 9.18 Å². The summed E-state index contributed by atoms with van der Waals surface area (Å²) in [6.45, 7) is 5.61. The molecule has 26 heavy (non-hydrogen) atoms. The molecule has 0 aliphatic rings. The number of amides is 1. The summed E-state index contributed by atoms with van der Waals surface area (Å²) < 4.78 is 13.8. The van der Waals surface area contributed by atoms with Gasteiger partial charge in [-0.25, -0.2) is 14.4 Å². The van der Waals surface area contributed by atoms with Crippen LogP contribution in [0, 0.1) is 26.6 Å². The maximum atomic E-state index is 13.8. The second-order valence-corrected chi connectivity index (χ2v) is 5.99. The lowest BCUT2D eigenvalue weighted by atomic mass is 10.1. The molecule has 1 amide bonds. The maximum Gasteiger partial charge on any atom is 0.274 e. The van der Waals surface area contributed by atoms with Crippen molar-refractivity contribution in [1.82, 2.24) is 9.97 Å². The molecule has 0 aliphatic heterocycles. The summed E-state index contributed by atoms with van der Waals surface area (Å²) in [6.07, 6.45) is 0. The Morgan fingerprint density at radius 2 is 1.69 bits per heavy atom. The first-order valence-electron chi connectivity index (χ1n) is 8.19. The van der Waals surface area contributed by atoms with E-state index in [-0.39, 0.29) is 17.3 Å². The molecule has 0 bridgehead atoms. The minimum Gasteiger partial charge on any atom is -0.338 e. The fourth-order valence-corrected chi connectivity index (χ4v) is 2.52. The fraction of sp³-hybridized carbons (Fsp3) is 0.150. The van der Waals surface area contributed by atoms with Crippen LogP contribution in [0.5, 0.6) is 0 Å². The second kappa shape index (κ2) is 7.31. The molecule has 2 aromatic carbocycles. The third-order valence-corrected chi connectivity index (χ3v) is 4.06. The zero-order valence-electron chi connectivity index (χ0n) is 14.8. The van der Waals surface area contributed by atoms with Crippen LogP contribution in [0.3, 0.4) is 0 Å². The van der Waals surface area contributed by atoms with E-state index >= 15 is 0 Å². The first kappa shape index (κ1) is 17.5. The van der Waals surface area contributed by atoms with Crippen molar-refractivity contribution < 1.29 is 9.18 Å². The Labute approximate surface area is 151 Å². The minimum absolute atomic E-state index is 0.206. The zero-order chi connectivity index (χ0) is 18.7. The van der Waals surface area contributed by atoms with Crippen molar-refractivity contribution in [1.29, 1.82) is 0 Å². The lowest BCUT2D eigenvalue weighted by molar-refractivity contribution is 0.102. The Hall–Kier alpha value is -3.28. The van der Waals surface area contributed by atoms with Crippen LogP contribution < -0.4 is 10.6 Å². The van der Waals surface area contributed by atoms with Crippen LogP contribution in [-0.4, -0.2) is 15.9 Å². The van der Waals surface area contributed by atoms with Gasteiger partial charge in [-0.2, -0.15) is 0 Å². The number of hydrogen-bond donors (Lipinski definition) is 2. The number of carbonyl (C=O) groups excluding carboxylic acids is 1. The van der Waals surface area contributed by atoms with Gasteiger partial charge in [-0.15, -0.1) is 0 Å². The lowest BCUT2D eigenvalue weighted by Gasteiger charge is -2.12. The molecule has 0 radical (unpaired) electrons. The molecule has 0 aliphatic carbocycles. The average molecular weight is 350 g/mol. The predicted octanol–water partition coefficient (Wildman–Crippen LogP) is 4.54. The Kier molecular flexibility index (Phi) is 4.93. The Balaban J connectivity index is 1.86. The van der Waals surface area contributed by atoms with Crippen LogP contribution in [0.1, 0.15) is 27.4 Å². The Morgan fingerprint density at radius 3 is 2.46 bits per heavy atom. The van der Waals surface area contributed by atoms with Crippen molar-refractivity contribution in [2.45, 2.75) is 20.8 Å². The van der Waals surface area contributed by atoms with E-state index in [0.717, 1.165) is 16.8 Å². The molecule has 6 heteroatoms. The quantitative estimate of drug-likeness (QED) is 0.725. The second-order valence-electron chi connectivity index (χ2n) is 5.99. The van der Waals surface area contributed by atoms with Gasteiger partial charge in [0, 0.05) is 11.8 Å². The zero-order valence-corrected chi connectivity index (χ0v) is 14.8. The number of nitrogens with zero attached hydrogens (tertiary/aromatic N) is 2. The van der Waals surface area contributed by atoms with Crippen molar-refractivity contribution in [2.24, 2.45) is 0 Å². The molecular weight excluding hydrogens is 331 g/mol. The number of rotatable bonds is 4. The highest BCUT2D eigenvalue weighted by molar-refractivity contribution is 6.03. The van der Waals surface area contributed by atoms with E-state index in [0.29, 0.717) is 11.6 Å². The van der Waals surface area contributed by atoms with Gasteiger partial charge >= 0.3 is 0 Å². The number of carbonyl (C=O) groups is 1. The number of nitrogens with one attached hydrogen (secondary N) is 2. The van der Waals surface area contributed by atoms with E-state index in [1.165, 1.54) is 12.1 Å². The molecule has 2 N–H and O–H groups in total. The molecule has 132 valence electrons. The number of aryl methyl sites for hydroxylation is 2. The van der Waals surface area contributed by atoms with Gasteiger partial charge in [0.15, 0.2) is 0 Å². The molecule has 0 saturated carbocycles. The van der Waals surface area contributed by atoms with Gasteiger partial charge in [-0.3, -0.25) is 4.79 Å². The van der Waals surface area contributed by atoms with Gasteiger partial charge in [0.1, 0.15) is 23.2 Å². The topological polar surface area (TPSA) is 66.9 Å². The minimum atomic E-state index is -0.398. The van der Waals surface area contributed by atoms with E-state index in [4.69, 9.17) is 0 Å². The molecule has 3 rings (SSSR count). The molecule has 0 fully saturated rings. The summed E-state index contributed by atoms with van der Waals surface area (Å²) in [5.41, 5.74) is 3.30. The Bertz CT molecular complexity index is 972. The van der Waals surface area contributed by atoms with Gasteiger partial charge in [0.2, 0.25) is 0 Å². The molecule has 0 saturated heterocycles. The molecule has 3 aromatic rings. The molecule has 0 atom stereocenters. The lowest BCUT2D eigenvalue weighted by Crippen LogP contribution is -2.16. The highest BCUT2D eigenvalue weighted by Gasteiger charge is 2.13. The van der Waals surface area contributed by atoms with Crippen LogP contribution in [0.15, 0.2) is 48.5 Å². The normalized spacial score (nSPS) is 10.5. The van der Waals surface area contributed by atoms with E-state index in [2.05, 4.69) is 20.6 Å². The fourth-order valence-electron chi connectivity index (χ4n) is 2.52. The first-order chi connectivity index (χ1) is 12.4. The van der Waals surface area contributed by atoms with E-state index < -0.39 is 5.82 Å². The van der Waals surface area contributed by atoms with Crippen molar-refractivity contribution in [2.75, 3.05) is 10.6 Å². The van der Waals surface area contributed by atoms with Gasteiger partial charge in [0.25, 0.3) is 5.91 Å². The number of hydrogen-bond acceptors (Lipinski definition) is 4. The van der Waals surface area contributed by atoms with E-state index in [1.807, 2.05) is 32.0 Å². The standard InChI is InChI=1S/C20H19FN4O/c1-12-7-6-10-16(13(12)2)25-20(26)18-11-19(23-14(3)22-18)24-17-9-5-4-8-15(17)21/h4-11H,1-3H3,(H,25,26)(H,22,23,24). The Morgan fingerprint density at radius 1 is 0.962 bits per heavy atom. The average Bonchev–Trinajstić information content (AvgIpc) is 2.60. The summed E-state index contributed by atoms with van der Waals surface area (Å²) in [5.74, 6) is 0.0251. The monoisotopic (exact) mass is 350 g/mol. The van der Waals surface area contributed by atoms with Gasteiger partial charge in [-0.1, -0.05) is 24.3 Å². The summed E-state index contributed by atoms with van der Waals surface area (Å²) >= 11 is 0. The van der Waals surface area contributed by atoms with Crippen molar-refractivity contribution in [3.05, 3.63) is 77.0 Å². The first-order valence-corrected chi connectivity index (χ1v) is 8.19. The number of para-hydroxylation sites is 1. The summed E-state index contributed by atoms with van der Waals surface area (Å²) in [5, 5.41) is 5.75. The van der Waals surface area contributed by atoms with Crippen molar-refractivity contribution in [3.8, 4) is 0 Å². The maximum absolute atomic E-state index is 13.8. The smallest absolute Gasteiger partial charge is 0.274 e. The molecule has 0 unspecified atom stereocenters. The molecule has 0 spiro atoms. The summed E-state index contributed by atoms with van der Waals surface area (Å²) in [7, 11) is 0. The van der Waals surface area contributed by atoms with Crippen LogP contribution in [0.2, 0.25) is 0 Å². The third kappa shape index (κ3) is 3.85. The number of anilines is 3. The van der Waals surface area contributed by atoms with Gasteiger partial charge in [-0.05, 0) is 50.1 Å². The molecular formula is C20H19FN4O. The number of benzene rings is 2. The van der Waals surface area contributed by atoms with E-state index in [1.54, 1.807) is 25.1 Å². The highest BCUT2D eigenvalue weighted by Crippen LogP contribution is 2.21. The summed E-state index contributed by atoms with van der Waals surface area (Å²) in [6, 6.07) is 13.5. The largest absolute Gasteiger partial charge is 0.338 e. The molecule has 1 aromatic heterocycles. The number of halogens is 1. The summed E-state index contributed by atoms with van der Waals surface area (Å²) in [4.78, 5) is 21.0. The van der Waals surface area contributed by atoms with Crippen LogP contribution in [0.25, 0.3) is 0 Å². The SMILES string of the molecule is Cc1nc(Nc2ccccc2F)cc(C(=O)Nc2cccc(C)c2C)n1. The molecule has 5 nitrogen and oxygen atoms in total. The van der Waals surface area contributed by atoms with Crippen LogP contribution in [0.4, 0.5) is 21.6 Å². The third-order valence-electron chi connectivity index (χ3n) is 4.06. The van der Waals surface area contributed by atoms with Gasteiger partial charge < -0.3 is 10.6 Å². The predicted molar refractivity (Wildman–Crippen MR) is 100 cm³/mol. The van der Waals surface area contributed by atoms with Crippen LogP contribution in [-0.2, 0) is 0 Å². The van der Waals surface area contributed by atoms with Crippen molar-refractivity contribution in [3.63, 3.8) is 0 Å². The number of aromatic nitrogens is 2. The highest BCUT2D eigenvalue weighted by atomic mass is 19.1. The van der Waals surface area contributed by atoms with Crippen molar-refractivity contribution >= 4 is 23.1 Å². The molecule has 1 heterocycles. The van der Waals surface area contributed by atoms with Crippen LogP contribution >= 0.6 is 0 Å².